The van der Waals surface area contributed by atoms with Crippen LogP contribution in [-0.2, 0) is 4.79 Å². The van der Waals surface area contributed by atoms with Crippen LogP contribution >= 0.6 is 0 Å². The highest BCUT2D eigenvalue weighted by Gasteiger charge is 2.18. The van der Waals surface area contributed by atoms with Gasteiger partial charge in [-0.1, -0.05) is 36.8 Å². The number of nitrogens with zero attached hydrogens (tertiary/aromatic N) is 1. The molecule has 7 nitrogen and oxygen atoms in total. The molecular formula is C19H20N2O5. The molecule has 0 saturated carbocycles. The van der Waals surface area contributed by atoms with Crippen LogP contribution in [0, 0.1) is 17.0 Å². The summed E-state index contributed by atoms with van der Waals surface area (Å²) in [6.07, 6.45) is 1.21. The predicted octanol–water partition coefficient (Wildman–Crippen LogP) is 3.36. The SMILES string of the molecule is CC[C@@H](NC(=O)COc1ccc(C=O)cc1[N+](=O)[O-])c1ccc(C)cc1. The highest BCUT2D eigenvalue weighted by molar-refractivity contribution is 5.79. The molecule has 1 amide bonds. The minimum Gasteiger partial charge on any atom is -0.477 e. The van der Waals surface area contributed by atoms with Gasteiger partial charge in [-0.05, 0) is 31.0 Å². The van der Waals surface area contributed by atoms with Crippen LogP contribution in [0.5, 0.6) is 5.75 Å². The molecule has 136 valence electrons. The summed E-state index contributed by atoms with van der Waals surface area (Å²) in [6.45, 7) is 3.58. The van der Waals surface area contributed by atoms with Gasteiger partial charge in [-0.2, -0.15) is 0 Å². The van der Waals surface area contributed by atoms with E-state index in [-0.39, 0.29) is 35.6 Å². The number of nitro groups is 1. The first kappa shape index (κ1) is 19.1. The first-order valence-corrected chi connectivity index (χ1v) is 8.17. The lowest BCUT2D eigenvalue weighted by atomic mass is 10.0. The second kappa shape index (κ2) is 8.75. The second-order valence-electron chi connectivity index (χ2n) is 5.83. The van der Waals surface area contributed by atoms with Crippen molar-refractivity contribution in [1.82, 2.24) is 5.32 Å². The smallest absolute Gasteiger partial charge is 0.311 e. The van der Waals surface area contributed by atoms with Crippen molar-refractivity contribution in [3.05, 3.63) is 69.3 Å². The average molecular weight is 356 g/mol. The van der Waals surface area contributed by atoms with Crippen molar-refractivity contribution in [2.24, 2.45) is 0 Å². The maximum atomic E-state index is 12.2. The molecule has 0 spiro atoms. The summed E-state index contributed by atoms with van der Waals surface area (Å²) in [7, 11) is 0. The van der Waals surface area contributed by atoms with Gasteiger partial charge in [0.1, 0.15) is 6.29 Å². The van der Waals surface area contributed by atoms with Crippen LogP contribution in [0.3, 0.4) is 0 Å². The van der Waals surface area contributed by atoms with Crippen LogP contribution in [0.2, 0.25) is 0 Å². The first-order valence-electron chi connectivity index (χ1n) is 8.17. The Kier molecular flexibility index (Phi) is 6.43. The van der Waals surface area contributed by atoms with Gasteiger partial charge in [0.15, 0.2) is 12.4 Å². The summed E-state index contributed by atoms with van der Waals surface area (Å²) < 4.78 is 5.29. The van der Waals surface area contributed by atoms with E-state index in [1.54, 1.807) is 0 Å². The maximum absolute atomic E-state index is 12.2. The highest BCUT2D eigenvalue weighted by Crippen LogP contribution is 2.27. The van der Waals surface area contributed by atoms with Gasteiger partial charge in [-0.3, -0.25) is 19.7 Å². The van der Waals surface area contributed by atoms with Gasteiger partial charge < -0.3 is 10.1 Å². The molecule has 0 aliphatic heterocycles. The van der Waals surface area contributed by atoms with Crippen molar-refractivity contribution < 1.29 is 19.2 Å². The zero-order chi connectivity index (χ0) is 19.1. The Balaban J connectivity index is 2.03. The Bertz CT molecular complexity index is 802. The number of aldehydes is 1. The van der Waals surface area contributed by atoms with Crippen molar-refractivity contribution in [3.63, 3.8) is 0 Å². The average Bonchev–Trinajstić information content (AvgIpc) is 2.65. The van der Waals surface area contributed by atoms with Crippen LogP contribution in [0.1, 0.15) is 40.9 Å². The summed E-state index contributed by atoms with van der Waals surface area (Å²) in [5.74, 6) is -0.440. The van der Waals surface area contributed by atoms with Gasteiger partial charge >= 0.3 is 5.69 Å². The molecule has 0 fully saturated rings. The standard InChI is InChI=1S/C19H20N2O5/c1-3-16(15-7-4-13(2)5-8-15)20-19(23)12-26-18-9-6-14(11-22)10-17(18)21(24)25/h4-11,16H,3,12H2,1-2H3,(H,20,23)/t16-/m1/s1. The predicted molar refractivity (Wildman–Crippen MR) is 96.3 cm³/mol. The third kappa shape index (κ3) is 4.89. The molecule has 1 N–H and O–H groups in total. The first-order chi connectivity index (χ1) is 12.4. The summed E-state index contributed by atoms with van der Waals surface area (Å²) in [4.78, 5) is 33.3. The summed E-state index contributed by atoms with van der Waals surface area (Å²) >= 11 is 0. The van der Waals surface area contributed by atoms with E-state index >= 15 is 0 Å². The lowest BCUT2D eigenvalue weighted by molar-refractivity contribution is -0.385. The molecule has 0 saturated heterocycles. The quantitative estimate of drug-likeness (QED) is 0.444. The molecule has 0 radical (unpaired) electrons. The van der Waals surface area contributed by atoms with Crippen LogP contribution in [-0.4, -0.2) is 23.7 Å². The minimum atomic E-state index is -0.651. The normalized spacial score (nSPS) is 11.5. The number of ether oxygens (including phenoxy) is 1. The number of amides is 1. The molecule has 2 rings (SSSR count). The third-order valence-electron chi connectivity index (χ3n) is 3.90. The van der Waals surface area contributed by atoms with E-state index in [0.29, 0.717) is 12.7 Å². The van der Waals surface area contributed by atoms with Crippen molar-refractivity contribution >= 4 is 17.9 Å². The lowest BCUT2D eigenvalue weighted by Crippen LogP contribution is -2.32. The number of benzene rings is 2. The van der Waals surface area contributed by atoms with E-state index in [0.717, 1.165) is 17.2 Å². The zero-order valence-electron chi connectivity index (χ0n) is 14.6. The van der Waals surface area contributed by atoms with Gasteiger partial charge in [0.2, 0.25) is 0 Å². The topological polar surface area (TPSA) is 98.5 Å². The van der Waals surface area contributed by atoms with E-state index in [1.807, 2.05) is 38.1 Å². The van der Waals surface area contributed by atoms with E-state index in [9.17, 15) is 19.7 Å². The summed E-state index contributed by atoms with van der Waals surface area (Å²) in [5.41, 5.74) is 1.92. The maximum Gasteiger partial charge on any atom is 0.311 e. The summed E-state index contributed by atoms with van der Waals surface area (Å²) in [6, 6.07) is 11.5. The Morgan fingerprint density at radius 3 is 2.54 bits per heavy atom. The number of carbonyl (C=O) groups is 2. The fraction of sp³-hybridized carbons (Fsp3) is 0.263. The molecule has 1 atom stereocenters. The Hall–Kier alpha value is -3.22. The number of nitro benzene ring substituents is 1. The molecule has 0 unspecified atom stereocenters. The van der Waals surface area contributed by atoms with Crippen molar-refractivity contribution in [2.45, 2.75) is 26.3 Å². The minimum absolute atomic E-state index is 0.0564. The fourth-order valence-corrected chi connectivity index (χ4v) is 2.47. The number of hydrogen-bond acceptors (Lipinski definition) is 5. The molecule has 2 aromatic carbocycles. The molecule has 0 bridgehead atoms. The second-order valence-corrected chi connectivity index (χ2v) is 5.83. The van der Waals surface area contributed by atoms with Crippen LogP contribution in [0.15, 0.2) is 42.5 Å². The number of nitrogens with one attached hydrogen (secondary N) is 1. The molecule has 0 heterocycles. The van der Waals surface area contributed by atoms with E-state index < -0.39 is 4.92 Å². The van der Waals surface area contributed by atoms with Crippen LogP contribution in [0.4, 0.5) is 5.69 Å². The largest absolute Gasteiger partial charge is 0.477 e. The monoisotopic (exact) mass is 356 g/mol. The van der Waals surface area contributed by atoms with Gasteiger partial charge in [-0.15, -0.1) is 0 Å². The Morgan fingerprint density at radius 2 is 1.96 bits per heavy atom. The van der Waals surface area contributed by atoms with E-state index in [4.69, 9.17) is 4.74 Å². The van der Waals surface area contributed by atoms with Gasteiger partial charge in [-0.25, -0.2) is 0 Å². The van der Waals surface area contributed by atoms with Crippen LogP contribution < -0.4 is 10.1 Å². The number of carbonyl (C=O) groups excluding carboxylic acids is 2. The Morgan fingerprint density at radius 1 is 1.27 bits per heavy atom. The summed E-state index contributed by atoms with van der Waals surface area (Å²) in [5, 5.41) is 13.9. The highest BCUT2D eigenvalue weighted by atomic mass is 16.6. The fourth-order valence-electron chi connectivity index (χ4n) is 2.47. The molecule has 0 aliphatic rings. The zero-order valence-corrected chi connectivity index (χ0v) is 14.6. The number of hydrogen-bond donors (Lipinski definition) is 1. The van der Waals surface area contributed by atoms with Gasteiger partial charge in [0.05, 0.1) is 11.0 Å². The van der Waals surface area contributed by atoms with Crippen molar-refractivity contribution in [1.29, 1.82) is 0 Å². The molecule has 2 aromatic rings. The molecular weight excluding hydrogens is 336 g/mol. The number of rotatable bonds is 8. The molecule has 0 aliphatic carbocycles. The van der Waals surface area contributed by atoms with E-state index in [1.165, 1.54) is 12.1 Å². The van der Waals surface area contributed by atoms with Crippen molar-refractivity contribution in [3.8, 4) is 5.75 Å². The Labute approximate surface area is 151 Å². The van der Waals surface area contributed by atoms with Gasteiger partial charge in [0, 0.05) is 11.6 Å². The third-order valence-corrected chi connectivity index (χ3v) is 3.90. The molecule has 7 heteroatoms. The molecule has 0 aromatic heterocycles. The van der Waals surface area contributed by atoms with Crippen molar-refractivity contribution in [2.75, 3.05) is 6.61 Å². The molecule has 26 heavy (non-hydrogen) atoms. The van der Waals surface area contributed by atoms with Crippen LogP contribution in [0.25, 0.3) is 0 Å². The number of aryl methyl sites for hydroxylation is 1. The lowest BCUT2D eigenvalue weighted by Gasteiger charge is -2.18. The van der Waals surface area contributed by atoms with E-state index in [2.05, 4.69) is 5.32 Å². The van der Waals surface area contributed by atoms with Gasteiger partial charge in [0.25, 0.3) is 5.91 Å².